The summed E-state index contributed by atoms with van der Waals surface area (Å²) in [5.41, 5.74) is 0. The van der Waals surface area contributed by atoms with Gasteiger partial charge in [0.2, 0.25) is 0 Å². The second-order valence-corrected chi connectivity index (χ2v) is 7.13. The van der Waals surface area contributed by atoms with Crippen molar-refractivity contribution in [1.29, 1.82) is 0 Å². The summed E-state index contributed by atoms with van der Waals surface area (Å²) in [7, 11) is 0. The van der Waals surface area contributed by atoms with Crippen molar-refractivity contribution in [2.75, 3.05) is 13.2 Å². The SMILES string of the molecule is CCC(CCCCCCCCCCCC(C)C)OCCCO. The van der Waals surface area contributed by atoms with E-state index in [1.54, 1.807) is 0 Å². The molecule has 1 N–H and O–H groups in total. The molecule has 0 fully saturated rings. The predicted molar refractivity (Wildman–Crippen MR) is 97.4 cm³/mol. The first-order valence-corrected chi connectivity index (χ1v) is 9.93. The number of hydrogen-bond donors (Lipinski definition) is 1. The fraction of sp³-hybridized carbons (Fsp3) is 1.00. The van der Waals surface area contributed by atoms with Gasteiger partial charge in [0.1, 0.15) is 0 Å². The number of aliphatic hydroxyl groups is 1. The van der Waals surface area contributed by atoms with E-state index in [9.17, 15) is 0 Å². The van der Waals surface area contributed by atoms with E-state index >= 15 is 0 Å². The highest BCUT2D eigenvalue weighted by Gasteiger charge is 2.05. The van der Waals surface area contributed by atoms with Crippen LogP contribution in [0.25, 0.3) is 0 Å². The van der Waals surface area contributed by atoms with E-state index in [2.05, 4.69) is 20.8 Å². The van der Waals surface area contributed by atoms with Crippen LogP contribution in [0.2, 0.25) is 0 Å². The molecule has 0 saturated heterocycles. The first kappa shape index (κ1) is 21.9. The van der Waals surface area contributed by atoms with Gasteiger partial charge in [-0.05, 0) is 25.2 Å². The molecular weight excluding hydrogens is 272 g/mol. The van der Waals surface area contributed by atoms with Crippen molar-refractivity contribution >= 4 is 0 Å². The largest absolute Gasteiger partial charge is 0.396 e. The van der Waals surface area contributed by atoms with E-state index in [4.69, 9.17) is 9.84 Å². The topological polar surface area (TPSA) is 29.5 Å². The summed E-state index contributed by atoms with van der Waals surface area (Å²) in [6, 6.07) is 0. The maximum Gasteiger partial charge on any atom is 0.0572 e. The van der Waals surface area contributed by atoms with E-state index in [0.29, 0.717) is 12.7 Å². The number of aliphatic hydroxyl groups excluding tert-OH is 1. The molecule has 0 aromatic carbocycles. The zero-order valence-corrected chi connectivity index (χ0v) is 15.6. The quantitative estimate of drug-likeness (QED) is 0.328. The van der Waals surface area contributed by atoms with Crippen LogP contribution in [0, 0.1) is 5.92 Å². The van der Waals surface area contributed by atoms with Gasteiger partial charge in [-0.1, -0.05) is 85.0 Å². The monoisotopic (exact) mass is 314 g/mol. The van der Waals surface area contributed by atoms with Gasteiger partial charge in [0.15, 0.2) is 0 Å². The molecule has 0 aliphatic carbocycles. The Hall–Kier alpha value is -0.0800. The summed E-state index contributed by atoms with van der Waals surface area (Å²) < 4.78 is 5.77. The molecule has 0 aliphatic rings. The van der Waals surface area contributed by atoms with Gasteiger partial charge < -0.3 is 9.84 Å². The molecule has 134 valence electrons. The molecule has 0 heterocycles. The van der Waals surface area contributed by atoms with Crippen LogP contribution in [0.15, 0.2) is 0 Å². The van der Waals surface area contributed by atoms with Crippen molar-refractivity contribution < 1.29 is 9.84 Å². The van der Waals surface area contributed by atoms with Gasteiger partial charge in [0, 0.05) is 13.2 Å². The van der Waals surface area contributed by atoms with Gasteiger partial charge >= 0.3 is 0 Å². The molecule has 0 saturated carbocycles. The van der Waals surface area contributed by atoms with Crippen LogP contribution >= 0.6 is 0 Å². The lowest BCUT2D eigenvalue weighted by molar-refractivity contribution is 0.0349. The first-order chi connectivity index (χ1) is 10.7. The van der Waals surface area contributed by atoms with Gasteiger partial charge in [-0.3, -0.25) is 0 Å². The second-order valence-electron chi connectivity index (χ2n) is 7.13. The fourth-order valence-electron chi connectivity index (χ4n) is 2.88. The van der Waals surface area contributed by atoms with E-state index < -0.39 is 0 Å². The summed E-state index contributed by atoms with van der Waals surface area (Å²) >= 11 is 0. The third kappa shape index (κ3) is 16.3. The molecule has 2 nitrogen and oxygen atoms in total. The summed E-state index contributed by atoms with van der Waals surface area (Å²) in [6.45, 7) is 7.80. The summed E-state index contributed by atoms with van der Waals surface area (Å²) in [5.74, 6) is 0.875. The Balaban J connectivity index is 3.21. The minimum Gasteiger partial charge on any atom is -0.396 e. The zero-order chi connectivity index (χ0) is 16.5. The molecule has 0 amide bonds. The van der Waals surface area contributed by atoms with Gasteiger partial charge in [0.25, 0.3) is 0 Å². The highest BCUT2D eigenvalue weighted by molar-refractivity contribution is 4.57. The lowest BCUT2D eigenvalue weighted by atomic mass is 10.0. The van der Waals surface area contributed by atoms with Crippen LogP contribution in [0.4, 0.5) is 0 Å². The molecule has 1 unspecified atom stereocenters. The number of ether oxygens (including phenoxy) is 1. The fourth-order valence-corrected chi connectivity index (χ4v) is 2.88. The van der Waals surface area contributed by atoms with Crippen LogP contribution in [-0.4, -0.2) is 24.4 Å². The van der Waals surface area contributed by atoms with Crippen LogP contribution in [0.3, 0.4) is 0 Å². The summed E-state index contributed by atoms with van der Waals surface area (Å²) in [5, 5.41) is 8.76. The van der Waals surface area contributed by atoms with Crippen molar-refractivity contribution in [2.24, 2.45) is 5.92 Å². The van der Waals surface area contributed by atoms with Gasteiger partial charge in [-0.2, -0.15) is 0 Å². The minimum atomic E-state index is 0.244. The van der Waals surface area contributed by atoms with Crippen molar-refractivity contribution in [3.8, 4) is 0 Å². The molecule has 0 aliphatic heterocycles. The maximum atomic E-state index is 8.76. The highest BCUT2D eigenvalue weighted by atomic mass is 16.5. The molecule has 0 bridgehead atoms. The van der Waals surface area contributed by atoms with Crippen LogP contribution in [0.5, 0.6) is 0 Å². The standard InChI is InChI=1S/C20H42O2/c1-4-20(22-18-14-17-21)16-13-11-9-7-5-6-8-10-12-15-19(2)3/h19-21H,4-18H2,1-3H3. The van der Waals surface area contributed by atoms with E-state index in [1.807, 2.05) is 0 Å². The highest BCUT2D eigenvalue weighted by Crippen LogP contribution is 2.15. The molecule has 0 aromatic heterocycles. The predicted octanol–water partition coefficient (Wildman–Crippen LogP) is 6.11. The lowest BCUT2D eigenvalue weighted by Crippen LogP contribution is -2.13. The average Bonchev–Trinajstić information content (AvgIpc) is 2.50. The Morgan fingerprint density at radius 3 is 1.68 bits per heavy atom. The Morgan fingerprint density at radius 1 is 0.727 bits per heavy atom. The molecule has 22 heavy (non-hydrogen) atoms. The van der Waals surface area contributed by atoms with Crippen molar-refractivity contribution in [2.45, 2.75) is 110 Å². The summed E-state index contributed by atoms with van der Waals surface area (Å²) in [6.07, 6.45) is 17.5. The van der Waals surface area contributed by atoms with Crippen molar-refractivity contribution in [3.05, 3.63) is 0 Å². The molecule has 2 heteroatoms. The third-order valence-corrected chi connectivity index (χ3v) is 4.42. The Bertz CT molecular complexity index is 204. The smallest absolute Gasteiger partial charge is 0.0572 e. The lowest BCUT2D eigenvalue weighted by Gasteiger charge is -2.15. The zero-order valence-electron chi connectivity index (χ0n) is 15.6. The van der Waals surface area contributed by atoms with E-state index in [0.717, 1.165) is 18.8 Å². The van der Waals surface area contributed by atoms with Gasteiger partial charge in [-0.25, -0.2) is 0 Å². The summed E-state index contributed by atoms with van der Waals surface area (Å²) in [4.78, 5) is 0. The van der Waals surface area contributed by atoms with Crippen LogP contribution < -0.4 is 0 Å². The normalized spacial score (nSPS) is 13.0. The van der Waals surface area contributed by atoms with Crippen LogP contribution in [-0.2, 0) is 4.74 Å². The minimum absolute atomic E-state index is 0.244. The van der Waals surface area contributed by atoms with Crippen molar-refractivity contribution in [3.63, 3.8) is 0 Å². The molecule has 1 atom stereocenters. The van der Waals surface area contributed by atoms with E-state index in [-0.39, 0.29) is 6.61 Å². The third-order valence-electron chi connectivity index (χ3n) is 4.42. The van der Waals surface area contributed by atoms with Crippen molar-refractivity contribution in [1.82, 2.24) is 0 Å². The number of rotatable bonds is 17. The number of hydrogen-bond acceptors (Lipinski definition) is 2. The molecule has 0 spiro atoms. The van der Waals surface area contributed by atoms with Gasteiger partial charge in [-0.15, -0.1) is 0 Å². The maximum absolute atomic E-state index is 8.76. The first-order valence-electron chi connectivity index (χ1n) is 9.93. The average molecular weight is 315 g/mol. The second kappa shape index (κ2) is 17.3. The Morgan fingerprint density at radius 2 is 1.23 bits per heavy atom. The molecule has 0 aromatic rings. The molecular formula is C20H42O2. The van der Waals surface area contributed by atoms with Gasteiger partial charge in [0.05, 0.1) is 6.10 Å². The molecule has 0 rings (SSSR count). The Kier molecular flexibility index (Phi) is 17.2. The van der Waals surface area contributed by atoms with Crippen LogP contribution in [0.1, 0.15) is 104 Å². The molecule has 0 radical (unpaired) electrons. The number of unbranched alkanes of at least 4 members (excludes halogenated alkanes) is 8. The van der Waals surface area contributed by atoms with E-state index in [1.165, 1.54) is 70.6 Å². The Labute approximate surface area is 140 Å².